The molecule has 1 rings (SSSR count). The van der Waals surface area contributed by atoms with Crippen molar-refractivity contribution >= 4 is 17.6 Å². The fourth-order valence-corrected chi connectivity index (χ4v) is 1.75. The van der Waals surface area contributed by atoms with Gasteiger partial charge in [0.15, 0.2) is 0 Å². The van der Waals surface area contributed by atoms with Gasteiger partial charge in [0.05, 0.1) is 7.11 Å². The summed E-state index contributed by atoms with van der Waals surface area (Å²) in [6, 6.07) is 5.97. The number of carbonyl (C=O) groups excluding carboxylic acids is 2. The Kier molecular flexibility index (Phi) is 5.36. The van der Waals surface area contributed by atoms with E-state index in [9.17, 15) is 9.59 Å². The number of esters is 1. The van der Waals surface area contributed by atoms with Gasteiger partial charge in [0.25, 0.3) is 5.91 Å². The highest BCUT2D eigenvalue weighted by molar-refractivity contribution is 5.97. The standard InChI is InChI=1S/C14H20N2O3/c1-9(2)7-12(14(18)19-3)16-13(17)10-5-4-6-11(15)8-10/h4-6,8-9,12H,7,15H2,1-3H3,(H,16,17)/t12-/m0/s1. The minimum Gasteiger partial charge on any atom is -0.467 e. The number of benzene rings is 1. The van der Waals surface area contributed by atoms with E-state index < -0.39 is 12.0 Å². The van der Waals surface area contributed by atoms with E-state index in [1.165, 1.54) is 7.11 Å². The Morgan fingerprint density at radius 1 is 1.37 bits per heavy atom. The van der Waals surface area contributed by atoms with Crippen molar-refractivity contribution < 1.29 is 14.3 Å². The molecule has 1 amide bonds. The van der Waals surface area contributed by atoms with Crippen molar-refractivity contribution in [2.24, 2.45) is 5.92 Å². The third-order valence-corrected chi connectivity index (χ3v) is 2.65. The number of nitrogens with two attached hydrogens (primary N) is 1. The molecule has 0 unspecified atom stereocenters. The molecule has 0 fully saturated rings. The molecule has 0 spiro atoms. The van der Waals surface area contributed by atoms with Crippen LogP contribution in [0.25, 0.3) is 0 Å². The number of methoxy groups -OCH3 is 1. The zero-order valence-corrected chi connectivity index (χ0v) is 11.5. The lowest BCUT2D eigenvalue weighted by atomic mass is 10.0. The number of amides is 1. The van der Waals surface area contributed by atoms with Crippen LogP contribution in [-0.4, -0.2) is 25.0 Å². The molecule has 0 saturated heterocycles. The van der Waals surface area contributed by atoms with Gasteiger partial charge in [-0.3, -0.25) is 4.79 Å². The van der Waals surface area contributed by atoms with Gasteiger partial charge in [0.2, 0.25) is 0 Å². The Hall–Kier alpha value is -2.04. The van der Waals surface area contributed by atoms with E-state index in [0.717, 1.165) is 0 Å². The highest BCUT2D eigenvalue weighted by Gasteiger charge is 2.23. The Morgan fingerprint density at radius 2 is 2.05 bits per heavy atom. The minimum absolute atomic E-state index is 0.269. The topological polar surface area (TPSA) is 81.4 Å². The second-order valence-electron chi connectivity index (χ2n) is 4.80. The van der Waals surface area contributed by atoms with E-state index in [-0.39, 0.29) is 11.8 Å². The molecule has 19 heavy (non-hydrogen) atoms. The van der Waals surface area contributed by atoms with Crippen LogP contribution in [0.5, 0.6) is 0 Å². The van der Waals surface area contributed by atoms with E-state index in [4.69, 9.17) is 10.5 Å². The first-order chi connectivity index (χ1) is 8.93. The van der Waals surface area contributed by atoms with Crippen LogP contribution in [0.3, 0.4) is 0 Å². The Balaban J connectivity index is 2.78. The number of carbonyl (C=O) groups is 2. The highest BCUT2D eigenvalue weighted by atomic mass is 16.5. The third-order valence-electron chi connectivity index (χ3n) is 2.65. The van der Waals surface area contributed by atoms with E-state index in [2.05, 4.69) is 5.32 Å². The van der Waals surface area contributed by atoms with Gasteiger partial charge in [0, 0.05) is 11.3 Å². The monoisotopic (exact) mass is 264 g/mol. The number of hydrogen-bond donors (Lipinski definition) is 2. The molecule has 1 aromatic rings. The minimum atomic E-state index is -0.640. The van der Waals surface area contributed by atoms with Crippen molar-refractivity contribution in [1.29, 1.82) is 0 Å². The molecule has 0 aliphatic heterocycles. The van der Waals surface area contributed by atoms with Gasteiger partial charge < -0.3 is 15.8 Å². The van der Waals surface area contributed by atoms with Gasteiger partial charge in [0.1, 0.15) is 6.04 Å². The summed E-state index contributed by atoms with van der Waals surface area (Å²) in [4.78, 5) is 23.7. The first-order valence-electron chi connectivity index (χ1n) is 6.18. The molecule has 5 nitrogen and oxygen atoms in total. The predicted molar refractivity (Wildman–Crippen MR) is 73.6 cm³/mol. The number of anilines is 1. The number of rotatable bonds is 5. The maximum atomic E-state index is 12.0. The first kappa shape index (κ1) is 15.0. The van der Waals surface area contributed by atoms with Gasteiger partial charge in [-0.25, -0.2) is 4.79 Å². The Morgan fingerprint density at radius 3 is 2.58 bits per heavy atom. The summed E-state index contributed by atoms with van der Waals surface area (Å²) in [5, 5.41) is 2.67. The van der Waals surface area contributed by atoms with Crippen LogP contribution in [0.1, 0.15) is 30.6 Å². The van der Waals surface area contributed by atoms with Crippen molar-refractivity contribution in [3.05, 3.63) is 29.8 Å². The van der Waals surface area contributed by atoms with E-state index in [1.807, 2.05) is 13.8 Å². The van der Waals surface area contributed by atoms with Crippen molar-refractivity contribution in [1.82, 2.24) is 5.32 Å². The molecule has 5 heteroatoms. The lowest BCUT2D eigenvalue weighted by Crippen LogP contribution is -2.42. The first-order valence-corrected chi connectivity index (χ1v) is 6.18. The molecule has 0 heterocycles. The molecule has 104 valence electrons. The largest absolute Gasteiger partial charge is 0.467 e. The molecular weight excluding hydrogens is 244 g/mol. The van der Waals surface area contributed by atoms with Gasteiger partial charge >= 0.3 is 5.97 Å². The molecule has 0 radical (unpaired) electrons. The number of ether oxygens (including phenoxy) is 1. The summed E-state index contributed by atoms with van der Waals surface area (Å²) >= 11 is 0. The maximum Gasteiger partial charge on any atom is 0.328 e. The van der Waals surface area contributed by atoms with Crippen LogP contribution < -0.4 is 11.1 Å². The Bertz CT molecular complexity index is 458. The van der Waals surface area contributed by atoms with Gasteiger partial charge in [-0.2, -0.15) is 0 Å². The van der Waals surface area contributed by atoms with Crippen LogP contribution in [-0.2, 0) is 9.53 Å². The van der Waals surface area contributed by atoms with Crippen molar-refractivity contribution in [3.63, 3.8) is 0 Å². The molecule has 0 aliphatic rings. The van der Waals surface area contributed by atoms with Crippen molar-refractivity contribution in [2.75, 3.05) is 12.8 Å². The zero-order chi connectivity index (χ0) is 14.4. The highest BCUT2D eigenvalue weighted by Crippen LogP contribution is 2.10. The second-order valence-corrected chi connectivity index (χ2v) is 4.80. The van der Waals surface area contributed by atoms with Crippen molar-refractivity contribution in [3.8, 4) is 0 Å². The number of nitrogen functional groups attached to an aromatic ring is 1. The van der Waals surface area contributed by atoms with Gasteiger partial charge in [-0.1, -0.05) is 19.9 Å². The number of hydrogen-bond acceptors (Lipinski definition) is 4. The summed E-state index contributed by atoms with van der Waals surface area (Å²) in [7, 11) is 1.31. The average molecular weight is 264 g/mol. The number of nitrogens with one attached hydrogen (secondary N) is 1. The van der Waals surface area contributed by atoms with Gasteiger partial charge in [-0.05, 0) is 30.5 Å². The molecule has 0 saturated carbocycles. The fourth-order valence-electron chi connectivity index (χ4n) is 1.75. The maximum absolute atomic E-state index is 12.0. The van der Waals surface area contributed by atoms with Crippen LogP contribution >= 0.6 is 0 Å². The summed E-state index contributed by atoms with van der Waals surface area (Å²) in [6.45, 7) is 3.95. The molecule has 3 N–H and O–H groups in total. The third kappa shape index (κ3) is 4.62. The smallest absolute Gasteiger partial charge is 0.328 e. The molecule has 1 atom stereocenters. The van der Waals surface area contributed by atoms with E-state index in [1.54, 1.807) is 24.3 Å². The quantitative estimate of drug-likeness (QED) is 0.625. The normalized spacial score (nSPS) is 12.0. The SMILES string of the molecule is COC(=O)[C@H](CC(C)C)NC(=O)c1cccc(N)c1. The lowest BCUT2D eigenvalue weighted by Gasteiger charge is -2.18. The predicted octanol–water partition coefficient (Wildman–Crippen LogP) is 1.59. The summed E-state index contributed by atoms with van der Waals surface area (Å²) in [5.74, 6) is -0.500. The molecule has 0 bridgehead atoms. The average Bonchev–Trinajstić information content (AvgIpc) is 2.36. The summed E-state index contributed by atoms with van der Waals surface area (Å²) < 4.78 is 4.70. The van der Waals surface area contributed by atoms with E-state index in [0.29, 0.717) is 17.7 Å². The fraction of sp³-hybridized carbons (Fsp3) is 0.429. The summed E-state index contributed by atoms with van der Waals surface area (Å²) in [6.07, 6.45) is 0.529. The summed E-state index contributed by atoms with van der Waals surface area (Å²) in [5.41, 5.74) is 6.56. The molecule has 0 aromatic heterocycles. The molecule has 1 aromatic carbocycles. The molecule has 0 aliphatic carbocycles. The van der Waals surface area contributed by atoms with Crippen LogP contribution in [0.2, 0.25) is 0 Å². The van der Waals surface area contributed by atoms with Gasteiger partial charge in [-0.15, -0.1) is 0 Å². The zero-order valence-electron chi connectivity index (χ0n) is 11.5. The van der Waals surface area contributed by atoms with Crippen LogP contribution in [0.4, 0.5) is 5.69 Å². The lowest BCUT2D eigenvalue weighted by molar-refractivity contribution is -0.143. The Labute approximate surface area is 113 Å². The second kappa shape index (κ2) is 6.78. The molecular formula is C14H20N2O3. The van der Waals surface area contributed by atoms with Crippen LogP contribution in [0.15, 0.2) is 24.3 Å². The van der Waals surface area contributed by atoms with E-state index >= 15 is 0 Å². The van der Waals surface area contributed by atoms with Crippen LogP contribution in [0, 0.1) is 5.92 Å². The van der Waals surface area contributed by atoms with Crippen molar-refractivity contribution in [2.45, 2.75) is 26.3 Å².